The Kier molecular flexibility index (Phi) is 2.59. The maximum absolute atomic E-state index is 6.14. The van der Waals surface area contributed by atoms with E-state index >= 15 is 0 Å². The first kappa shape index (κ1) is 13.3. The molecular weight excluding hydrogens is 274 g/mol. The van der Waals surface area contributed by atoms with Crippen LogP contribution in [-0.2, 0) is 0 Å². The van der Waals surface area contributed by atoms with Gasteiger partial charge in [0.15, 0.2) is 11.5 Å². The summed E-state index contributed by atoms with van der Waals surface area (Å²) in [6.45, 7) is 6.20. The molecule has 0 atom stereocenters. The minimum absolute atomic E-state index is 0.323. The van der Waals surface area contributed by atoms with E-state index in [9.17, 15) is 0 Å². The van der Waals surface area contributed by atoms with Crippen LogP contribution < -0.4 is 9.47 Å². The Morgan fingerprint density at radius 3 is 2.73 bits per heavy atom. The second-order valence-corrected chi connectivity index (χ2v) is 6.46. The number of rotatable bonds is 1. The summed E-state index contributed by atoms with van der Waals surface area (Å²) in [4.78, 5) is 3.53. The summed E-state index contributed by atoms with van der Waals surface area (Å²) in [6.07, 6.45) is 4.22. The Labute approximate surface area is 129 Å². The topological polar surface area (TPSA) is 34.2 Å². The third-order valence-corrected chi connectivity index (χ3v) is 4.24. The molecule has 0 fully saturated rings. The normalized spacial score (nSPS) is 15.8. The molecule has 3 aromatic rings. The number of fused-ring (bicyclic) bond motifs is 5. The van der Waals surface area contributed by atoms with Crippen molar-refractivity contribution in [2.75, 3.05) is 7.11 Å². The predicted octanol–water partition coefficient (Wildman–Crippen LogP) is 4.82. The van der Waals surface area contributed by atoms with E-state index in [0.717, 1.165) is 28.1 Å². The molecule has 2 heterocycles. The molecule has 0 bridgehead atoms. The molecule has 0 saturated heterocycles. The Hall–Kier alpha value is -2.42. The molecule has 0 radical (unpaired) electrons. The van der Waals surface area contributed by atoms with E-state index in [1.54, 1.807) is 7.11 Å². The number of H-pyrrole nitrogens is 1. The summed E-state index contributed by atoms with van der Waals surface area (Å²) >= 11 is 0. The van der Waals surface area contributed by atoms with Gasteiger partial charge in [0.25, 0.3) is 0 Å². The van der Waals surface area contributed by atoms with Gasteiger partial charge in [-0.2, -0.15) is 0 Å². The standard InChI is InChI=1S/C19H19NO2/c1-11-5-6-15-13(9-11)14-10-16(21-4)18-12(17(14)20-15)7-8-19(2,3)22-18/h5-10,20H,1-4H3. The second-order valence-electron chi connectivity index (χ2n) is 6.46. The van der Waals surface area contributed by atoms with Crippen molar-refractivity contribution in [3.8, 4) is 11.5 Å². The molecule has 0 aliphatic carbocycles. The van der Waals surface area contributed by atoms with Gasteiger partial charge in [-0.1, -0.05) is 11.6 Å². The van der Waals surface area contributed by atoms with Crippen LogP contribution in [0.4, 0.5) is 0 Å². The predicted molar refractivity (Wildman–Crippen MR) is 90.8 cm³/mol. The lowest BCUT2D eigenvalue weighted by molar-refractivity contribution is 0.152. The fourth-order valence-electron chi connectivity index (χ4n) is 3.13. The van der Waals surface area contributed by atoms with E-state index in [2.05, 4.69) is 48.3 Å². The summed E-state index contributed by atoms with van der Waals surface area (Å²) in [6, 6.07) is 8.52. The SMILES string of the molecule is COc1cc2c([nH]c3ccc(C)cc32)c2c1OC(C)(C)C=C2. The van der Waals surface area contributed by atoms with Crippen molar-refractivity contribution in [2.45, 2.75) is 26.4 Å². The van der Waals surface area contributed by atoms with Crippen LogP contribution in [0.15, 0.2) is 30.3 Å². The number of benzene rings is 2. The van der Waals surface area contributed by atoms with Crippen LogP contribution in [0.2, 0.25) is 0 Å². The highest BCUT2D eigenvalue weighted by Gasteiger charge is 2.27. The van der Waals surface area contributed by atoms with Gasteiger partial charge in [-0.25, -0.2) is 0 Å². The Balaban J connectivity index is 2.13. The van der Waals surface area contributed by atoms with E-state index in [-0.39, 0.29) is 5.60 Å². The first-order chi connectivity index (χ1) is 10.5. The molecule has 1 aliphatic rings. The van der Waals surface area contributed by atoms with Gasteiger partial charge in [-0.05, 0) is 51.1 Å². The van der Waals surface area contributed by atoms with Crippen LogP contribution in [0.5, 0.6) is 11.5 Å². The Morgan fingerprint density at radius 1 is 1.14 bits per heavy atom. The number of aromatic amines is 1. The van der Waals surface area contributed by atoms with E-state index in [0.29, 0.717) is 0 Å². The second kappa shape index (κ2) is 4.29. The summed E-state index contributed by atoms with van der Waals surface area (Å²) in [5.74, 6) is 1.59. The van der Waals surface area contributed by atoms with Gasteiger partial charge >= 0.3 is 0 Å². The van der Waals surface area contributed by atoms with Gasteiger partial charge in [0.2, 0.25) is 0 Å². The number of aryl methyl sites for hydroxylation is 1. The first-order valence-electron chi connectivity index (χ1n) is 7.50. The lowest BCUT2D eigenvalue weighted by Gasteiger charge is -2.29. The number of hydrogen-bond donors (Lipinski definition) is 1. The maximum atomic E-state index is 6.14. The molecule has 0 spiro atoms. The number of nitrogens with one attached hydrogen (secondary N) is 1. The highest BCUT2D eigenvalue weighted by molar-refractivity contribution is 6.11. The molecule has 0 amide bonds. The van der Waals surface area contributed by atoms with Gasteiger partial charge in [-0.3, -0.25) is 0 Å². The quantitative estimate of drug-likeness (QED) is 0.698. The van der Waals surface area contributed by atoms with Gasteiger partial charge in [0, 0.05) is 21.9 Å². The van der Waals surface area contributed by atoms with Crippen LogP contribution in [0.3, 0.4) is 0 Å². The van der Waals surface area contributed by atoms with Crippen LogP contribution in [0, 0.1) is 6.92 Å². The average Bonchev–Trinajstić information content (AvgIpc) is 2.83. The highest BCUT2D eigenvalue weighted by Crippen LogP contribution is 2.44. The van der Waals surface area contributed by atoms with Crippen molar-refractivity contribution in [3.05, 3.63) is 41.5 Å². The summed E-state index contributed by atoms with van der Waals surface area (Å²) in [5.41, 5.74) is 4.22. The smallest absolute Gasteiger partial charge is 0.171 e. The summed E-state index contributed by atoms with van der Waals surface area (Å²) in [5, 5.41) is 2.39. The molecule has 3 heteroatoms. The van der Waals surface area contributed by atoms with Crippen molar-refractivity contribution in [1.82, 2.24) is 4.98 Å². The van der Waals surface area contributed by atoms with Crippen LogP contribution >= 0.6 is 0 Å². The molecule has 22 heavy (non-hydrogen) atoms. The zero-order valence-corrected chi connectivity index (χ0v) is 13.3. The summed E-state index contributed by atoms with van der Waals surface area (Å²) < 4.78 is 11.7. The maximum Gasteiger partial charge on any atom is 0.171 e. The Morgan fingerprint density at radius 2 is 1.95 bits per heavy atom. The molecule has 0 unspecified atom stereocenters. The number of methoxy groups -OCH3 is 1. The van der Waals surface area contributed by atoms with Gasteiger partial charge < -0.3 is 14.5 Å². The van der Waals surface area contributed by atoms with Crippen molar-refractivity contribution in [2.24, 2.45) is 0 Å². The van der Waals surface area contributed by atoms with Crippen molar-refractivity contribution in [1.29, 1.82) is 0 Å². The minimum atomic E-state index is -0.323. The third-order valence-electron chi connectivity index (χ3n) is 4.24. The fraction of sp³-hybridized carbons (Fsp3) is 0.263. The number of hydrogen-bond acceptors (Lipinski definition) is 2. The molecule has 112 valence electrons. The molecule has 1 aliphatic heterocycles. The number of aromatic nitrogens is 1. The summed E-state index contributed by atoms with van der Waals surface area (Å²) in [7, 11) is 1.69. The van der Waals surface area contributed by atoms with Crippen molar-refractivity contribution < 1.29 is 9.47 Å². The van der Waals surface area contributed by atoms with Crippen molar-refractivity contribution in [3.63, 3.8) is 0 Å². The van der Waals surface area contributed by atoms with Gasteiger partial charge in [0.05, 0.1) is 12.6 Å². The lowest BCUT2D eigenvalue weighted by atomic mass is 9.99. The fourth-order valence-corrected chi connectivity index (χ4v) is 3.13. The molecule has 3 nitrogen and oxygen atoms in total. The largest absolute Gasteiger partial charge is 0.493 e. The third kappa shape index (κ3) is 1.82. The van der Waals surface area contributed by atoms with Gasteiger partial charge in [-0.15, -0.1) is 0 Å². The zero-order valence-electron chi connectivity index (χ0n) is 13.3. The molecule has 4 rings (SSSR count). The monoisotopic (exact) mass is 293 g/mol. The van der Waals surface area contributed by atoms with Crippen LogP contribution in [0.25, 0.3) is 27.9 Å². The minimum Gasteiger partial charge on any atom is -0.493 e. The van der Waals surface area contributed by atoms with E-state index in [4.69, 9.17) is 9.47 Å². The molecule has 1 N–H and O–H groups in total. The average molecular weight is 293 g/mol. The van der Waals surface area contributed by atoms with Crippen LogP contribution in [-0.4, -0.2) is 17.7 Å². The molecular formula is C19H19NO2. The first-order valence-corrected chi connectivity index (χ1v) is 7.50. The number of ether oxygens (including phenoxy) is 2. The molecule has 2 aromatic carbocycles. The van der Waals surface area contributed by atoms with E-state index in [1.165, 1.54) is 16.3 Å². The Bertz CT molecular complexity index is 932. The van der Waals surface area contributed by atoms with Crippen LogP contribution in [0.1, 0.15) is 25.0 Å². The molecule has 0 saturated carbocycles. The van der Waals surface area contributed by atoms with E-state index in [1.807, 2.05) is 13.8 Å². The molecule has 1 aromatic heterocycles. The zero-order chi connectivity index (χ0) is 15.5. The highest BCUT2D eigenvalue weighted by atomic mass is 16.5. The lowest BCUT2D eigenvalue weighted by Crippen LogP contribution is -2.27. The van der Waals surface area contributed by atoms with Gasteiger partial charge in [0.1, 0.15) is 5.60 Å². The van der Waals surface area contributed by atoms with E-state index < -0.39 is 0 Å². The van der Waals surface area contributed by atoms with Crippen molar-refractivity contribution >= 4 is 27.9 Å².